The van der Waals surface area contributed by atoms with Crippen molar-refractivity contribution >= 4 is 25.6 Å². The van der Waals surface area contributed by atoms with Crippen LogP contribution in [0.15, 0.2) is 29.2 Å². The van der Waals surface area contributed by atoms with E-state index in [4.69, 9.17) is 10.7 Å². The number of benzene rings is 1. The Morgan fingerprint density at radius 3 is 2.17 bits per heavy atom. The van der Waals surface area contributed by atoms with Crippen molar-refractivity contribution in [2.45, 2.75) is 24.3 Å². The molecule has 0 aliphatic heterocycles. The molecule has 0 saturated carbocycles. The lowest BCUT2D eigenvalue weighted by molar-refractivity contribution is -0.132. The normalized spacial score (nSPS) is 13.4. The van der Waals surface area contributed by atoms with Crippen molar-refractivity contribution in [3.63, 3.8) is 0 Å². The van der Waals surface area contributed by atoms with E-state index in [1.165, 1.54) is 31.2 Å². The first-order valence-corrected chi connectivity index (χ1v) is 7.16. The van der Waals surface area contributed by atoms with Crippen molar-refractivity contribution in [1.82, 2.24) is 5.32 Å². The van der Waals surface area contributed by atoms with Crippen LogP contribution in [0.3, 0.4) is 0 Å². The van der Waals surface area contributed by atoms with Gasteiger partial charge in [-0.15, -0.1) is 0 Å². The summed E-state index contributed by atoms with van der Waals surface area (Å²) in [7, 11) is 1.30. The average molecular weight is 298 g/mol. The number of hydrogen-bond acceptors (Lipinski definition) is 3. The quantitative estimate of drug-likeness (QED) is 0.865. The van der Waals surface area contributed by atoms with E-state index in [2.05, 4.69) is 5.32 Å². The molecule has 1 atom stereocenters. The monoisotopic (exact) mass is 297 g/mol. The molecule has 0 spiro atoms. The molecule has 1 N–H and O–H groups in total. The number of rotatable bonds is 4. The summed E-state index contributed by atoms with van der Waals surface area (Å²) in [4.78, 5) is 10.7. The van der Waals surface area contributed by atoms with Crippen LogP contribution in [0.4, 0.5) is 8.78 Å². The molecule has 18 heavy (non-hydrogen) atoms. The van der Waals surface area contributed by atoms with Crippen molar-refractivity contribution in [3.8, 4) is 0 Å². The number of alkyl halides is 2. The second-order valence-corrected chi connectivity index (χ2v) is 6.10. The fourth-order valence-corrected chi connectivity index (χ4v) is 2.05. The van der Waals surface area contributed by atoms with Crippen LogP contribution in [-0.4, -0.2) is 20.8 Å². The van der Waals surface area contributed by atoms with Crippen LogP contribution < -0.4 is 5.32 Å². The van der Waals surface area contributed by atoms with Gasteiger partial charge in [-0.05, 0) is 24.6 Å². The molecule has 0 aromatic heterocycles. The Kier molecular flexibility index (Phi) is 4.64. The Morgan fingerprint density at radius 1 is 1.28 bits per heavy atom. The third-order valence-electron chi connectivity index (χ3n) is 2.22. The molecule has 4 nitrogen and oxygen atoms in total. The summed E-state index contributed by atoms with van der Waals surface area (Å²) < 4.78 is 46.0. The maximum absolute atomic E-state index is 12.0. The number of nitrogens with one attached hydrogen (secondary N) is 1. The smallest absolute Gasteiger partial charge is 0.315 e. The molecule has 0 bridgehead atoms. The van der Waals surface area contributed by atoms with Gasteiger partial charge in [0.05, 0.1) is 10.9 Å². The Hall–Kier alpha value is -1.21. The van der Waals surface area contributed by atoms with Crippen molar-refractivity contribution < 1.29 is 22.0 Å². The van der Waals surface area contributed by atoms with E-state index in [-0.39, 0.29) is 4.90 Å². The summed E-state index contributed by atoms with van der Waals surface area (Å²) in [6.45, 7) is 1.50. The van der Waals surface area contributed by atoms with Crippen LogP contribution in [0.1, 0.15) is 18.5 Å². The van der Waals surface area contributed by atoms with Gasteiger partial charge in [0.15, 0.2) is 0 Å². The van der Waals surface area contributed by atoms with Gasteiger partial charge in [0.1, 0.15) is 0 Å². The third-order valence-corrected chi connectivity index (χ3v) is 3.59. The summed E-state index contributed by atoms with van der Waals surface area (Å²) in [6, 6.07) is 4.61. The van der Waals surface area contributed by atoms with E-state index in [9.17, 15) is 22.0 Å². The van der Waals surface area contributed by atoms with Gasteiger partial charge in [-0.3, -0.25) is 4.79 Å². The highest BCUT2D eigenvalue weighted by atomic mass is 35.7. The molecule has 1 aromatic rings. The highest BCUT2D eigenvalue weighted by molar-refractivity contribution is 8.13. The number of carbonyl (C=O) groups is 1. The topological polar surface area (TPSA) is 63.2 Å². The Balaban J connectivity index is 2.83. The van der Waals surface area contributed by atoms with E-state index in [1.54, 1.807) is 0 Å². The first-order valence-electron chi connectivity index (χ1n) is 4.85. The first kappa shape index (κ1) is 14.8. The molecule has 0 aliphatic carbocycles. The molecular formula is C10H10ClF2NO3S. The molecule has 0 heterocycles. The van der Waals surface area contributed by atoms with Crippen LogP contribution in [0.5, 0.6) is 0 Å². The summed E-state index contributed by atoms with van der Waals surface area (Å²) in [5, 5.41) is 2.08. The van der Waals surface area contributed by atoms with E-state index in [1.807, 2.05) is 0 Å². The Bertz CT molecular complexity index is 531. The van der Waals surface area contributed by atoms with Gasteiger partial charge in [0.25, 0.3) is 15.0 Å². The fraction of sp³-hybridized carbons (Fsp3) is 0.300. The van der Waals surface area contributed by atoms with E-state index in [0.29, 0.717) is 5.56 Å². The summed E-state index contributed by atoms with van der Waals surface area (Å²) >= 11 is 0. The van der Waals surface area contributed by atoms with Crippen molar-refractivity contribution in [3.05, 3.63) is 29.8 Å². The third kappa shape index (κ3) is 3.92. The maximum Gasteiger partial charge on any atom is 0.315 e. The molecule has 1 rings (SSSR count). The predicted octanol–water partition coefficient (Wildman–Crippen LogP) is 2.06. The first-order chi connectivity index (χ1) is 8.21. The van der Waals surface area contributed by atoms with Gasteiger partial charge < -0.3 is 5.32 Å². The minimum Gasteiger partial charge on any atom is -0.345 e. The van der Waals surface area contributed by atoms with Crippen molar-refractivity contribution in [1.29, 1.82) is 0 Å². The minimum absolute atomic E-state index is 0.0969. The lowest BCUT2D eigenvalue weighted by Crippen LogP contribution is -2.31. The summed E-state index contributed by atoms with van der Waals surface area (Å²) in [5.41, 5.74) is 0.494. The maximum atomic E-state index is 12.0. The van der Waals surface area contributed by atoms with Crippen LogP contribution >= 0.6 is 10.7 Å². The fourth-order valence-electron chi connectivity index (χ4n) is 1.28. The van der Waals surface area contributed by atoms with Gasteiger partial charge in [-0.1, -0.05) is 12.1 Å². The van der Waals surface area contributed by atoms with Gasteiger partial charge in [0, 0.05) is 10.7 Å². The van der Waals surface area contributed by atoms with Crippen LogP contribution in [0.25, 0.3) is 0 Å². The van der Waals surface area contributed by atoms with Gasteiger partial charge in [0.2, 0.25) is 0 Å². The molecular weight excluding hydrogens is 288 g/mol. The average Bonchev–Trinajstić information content (AvgIpc) is 2.27. The highest BCUT2D eigenvalue weighted by Crippen LogP contribution is 2.19. The Morgan fingerprint density at radius 2 is 1.78 bits per heavy atom. The molecule has 1 aromatic carbocycles. The van der Waals surface area contributed by atoms with Crippen LogP contribution in [0, 0.1) is 0 Å². The van der Waals surface area contributed by atoms with E-state index < -0.39 is 27.4 Å². The molecule has 0 radical (unpaired) electrons. The Labute approximate surface area is 107 Å². The number of amides is 1. The zero-order valence-electron chi connectivity index (χ0n) is 9.23. The second-order valence-electron chi connectivity index (χ2n) is 3.54. The molecule has 0 fully saturated rings. The molecule has 0 aliphatic rings. The van der Waals surface area contributed by atoms with Gasteiger partial charge >= 0.3 is 6.43 Å². The van der Waals surface area contributed by atoms with Gasteiger partial charge in [-0.2, -0.15) is 8.78 Å². The molecule has 1 amide bonds. The molecule has 0 saturated heterocycles. The standard InChI is InChI=1S/C10H10ClF2NO3S/c1-6(14-10(15)9(12)13)7-2-4-8(5-3-7)18(11,16)17/h2-6,9H,1H3,(H,14,15). The molecule has 8 heteroatoms. The SMILES string of the molecule is CC(NC(=O)C(F)F)c1ccc(S(=O)(=O)Cl)cc1. The molecule has 1 unspecified atom stereocenters. The molecule has 100 valence electrons. The number of hydrogen-bond donors (Lipinski definition) is 1. The van der Waals surface area contributed by atoms with E-state index in [0.717, 1.165) is 0 Å². The van der Waals surface area contributed by atoms with Crippen LogP contribution in [-0.2, 0) is 13.8 Å². The van der Waals surface area contributed by atoms with E-state index >= 15 is 0 Å². The summed E-state index contributed by atoms with van der Waals surface area (Å²) in [6.07, 6.45) is -3.09. The van der Waals surface area contributed by atoms with Crippen molar-refractivity contribution in [2.24, 2.45) is 0 Å². The van der Waals surface area contributed by atoms with Gasteiger partial charge in [-0.25, -0.2) is 8.42 Å². The number of carbonyl (C=O) groups excluding carboxylic acids is 1. The van der Waals surface area contributed by atoms with Crippen LogP contribution in [0.2, 0.25) is 0 Å². The number of halogens is 3. The zero-order valence-corrected chi connectivity index (χ0v) is 10.8. The highest BCUT2D eigenvalue weighted by Gasteiger charge is 2.18. The minimum atomic E-state index is -3.82. The summed E-state index contributed by atoms with van der Waals surface area (Å²) in [5.74, 6) is -1.38. The lowest BCUT2D eigenvalue weighted by Gasteiger charge is -2.14. The largest absolute Gasteiger partial charge is 0.345 e. The van der Waals surface area contributed by atoms with Crippen molar-refractivity contribution in [2.75, 3.05) is 0 Å². The zero-order chi connectivity index (χ0) is 13.9. The second kappa shape index (κ2) is 5.62. The predicted molar refractivity (Wildman–Crippen MR) is 62.0 cm³/mol. The lowest BCUT2D eigenvalue weighted by atomic mass is 10.1.